The van der Waals surface area contributed by atoms with E-state index in [1.54, 1.807) is 0 Å². The smallest absolute Gasteiger partial charge is 0.155 e. The Hall–Kier alpha value is -0.970. The van der Waals surface area contributed by atoms with Crippen molar-refractivity contribution in [2.45, 2.75) is 136 Å². The Labute approximate surface area is 213 Å². The van der Waals surface area contributed by atoms with Gasteiger partial charge in [0.2, 0.25) is 0 Å². The van der Waals surface area contributed by atoms with Gasteiger partial charge >= 0.3 is 0 Å². The Morgan fingerprint density at radius 1 is 0.912 bits per heavy atom. The number of nitrogens with zero attached hydrogens (tertiary/aromatic N) is 1. The molecule has 1 aliphatic rings. The van der Waals surface area contributed by atoms with Crippen molar-refractivity contribution in [1.82, 2.24) is 10.9 Å². The van der Waals surface area contributed by atoms with Gasteiger partial charge in [-0.05, 0) is 31.3 Å². The van der Waals surface area contributed by atoms with Crippen molar-refractivity contribution >= 4 is 5.71 Å². The van der Waals surface area contributed by atoms with E-state index in [1.807, 2.05) is 0 Å². The second-order valence-electron chi connectivity index (χ2n) is 10.9. The molecule has 34 heavy (non-hydrogen) atoms. The Morgan fingerprint density at radius 2 is 1.50 bits per heavy atom. The Kier molecular flexibility index (Phi) is 17.6. The van der Waals surface area contributed by atoms with Crippen LogP contribution in [0.3, 0.4) is 0 Å². The van der Waals surface area contributed by atoms with Crippen LogP contribution in [-0.2, 0) is 0 Å². The molecule has 4 heteroatoms. The number of unbranched alkanes of at least 4 members (excludes halogenated alkanes) is 11. The first-order valence-corrected chi connectivity index (χ1v) is 14.8. The van der Waals surface area contributed by atoms with Gasteiger partial charge in [-0.1, -0.05) is 104 Å². The fraction of sp³-hybridized carbons (Fsp3) is 0.833. The van der Waals surface area contributed by atoms with Gasteiger partial charge in [-0.15, -0.1) is 0 Å². The summed E-state index contributed by atoms with van der Waals surface area (Å²) in [6, 6.07) is 0. The van der Waals surface area contributed by atoms with E-state index >= 15 is 0 Å². The fourth-order valence-corrected chi connectivity index (χ4v) is 5.09. The van der Waals surface area contributed by atoms with Crippen LogP contribution in [0.1, 0.15) is 130 Å². The van der Waals surface area contributed by atoms with Gasteiger partial charge in [0, 0.05) is 30.7 Å². The molecule has 0 aromatic carbocycles. The van der Waals surface area contributed by atoms with E-state index in [-0.39, 0.29) is 0 Å². The van der Waals surface area contributed by atoms with Gasteiger partial charge in [0.05, 0.1) is 13.6 Å². The first kappa shape index (κ1) is 31.1. The highest BCUT2D eigenvalue weighted by molar-refractivity contribution is 6.01. The minimum atomic E-state index is 0.409. The van der Waals surface area contributed by atoms with Gasteiger partial charge in [-0.2, -0.15) is 0 Å². The molecule has 0 saturated carbocycles. The predicted octanol–water partition coefficient (Wildman–Crippen LogP) is 8.06. The highest BCUT2D eigenvalue weighted by Crippen LogP contribution is 2.27. The quantitative estimate of drug-likeness (QED) is 0.0641. The summed E-state index contributed by atoms with van der Waals surface area (Å²) in [6.45, 7) is 14.3. The van der Waals surface area contributed by atoms with Crippen LogP contribution in [0.4, 0.5) is 0 Å². The molecule has 0 spiro atoms. The third kappa shape index (κ3) is 12.7. The van der Waals surface area contributed by atoms with Gasteiger partial charge in [-0.3, -0.25) is 5.43 Å². The third-order valence-corrected chi connectivity index (χ3v) is 7.60. The molecule has 0 aliphatic carbocycles. The molecule has 1 rings (SSSR count). The SMILES string of the molecule is C=C(C(=N)CCCCCCC)C1=CCC[N+](C)(C(CCCCCCCCC)NNCCCC)C1. The first-order chi connectivity index (χ1) is 16.5. The van der Waals surface area contributed by atoms with E-state index in [0.29, 0.717) is 6.17 Å². The summed E-state index contributed by atoms with van der Waals surface area (Å²) in [5.41, 5.74) is 10.3. The number of likely N-dealkylation sites (N-methyl/N-ethyl adjacent to an activating group) is 1. The minimum absolute atomic E-state index is 0.409. The van der Waals surface area contributed by atoms with E-state index < -0.39 is 0 Å². The van der Waals surface area contributed by atoms with Crippen LogP contribution in [0.15, 0.2) is 23.8 Å². The topological polar surface area (TPSA) is 47.9 Å². The Bertz CT molecular complexity index is 582. The summed E-state index contributed by atoms with van der Waals surface area (Å²) < 4.78 is 1.00. The van der Waals surface area contributed by atoms with Gasteiger partial charge < -0.3 is 9.89 Å². The summed E-state index contributed by atoms with van der Waals surface area (Å²) >= 11 is 0. The second-order valence-corrected chi connectivity index (χ2v) is 10.9. The third-order valence-electron chi connectivity index (χ3n) is 7.60. The van der Waals surface area contributed by atoms with Crippen molar-refractivity contribution in [3.05, 3.63) is 23.8 Å². The molecular formula is C30H59N4+. The standard InChI is InChI=1S/C30H59N4/c1-6-9-12-14-15-17-19-23-30(33-32-24-11-8-3)34(5)25-20-21-28(26-34)27(4)29(31)22-18-16-13-10-7-2/h21,30-33H,4,6-20,22-26H2,1-3,5H3/q+1. The molecule has 1 aliphatic heterocycles. The molecule has 0 saturated heterocycles. The first-order valence-electron chi connectivity index (χ1n) is 14.8. The largest absolute Gasteiger partial charge is 0.306 e. The summed E-state index contributed by atoms with van der Waals surface area (Å²) in [6.07, 6.45) is 24.1. The van der Waals surface area contributed by atoms with Crippen LogP contribution in [0.2, 0.25) is 0 Å². The number of quaternary nitrogens is 1. The van der Waals surface area contributed by atoms with Crippen molar-refractivity contribution in [1.29, 1.82) is 5.41 Å². The van der Waals surface area contributed by atoms with Crippen molar-refractivity contribution in [3.63, 3.8) is 0 Å². The van der Waals surface area contributed by atoms with Crippen molar-refractivity contribution in [2.24, 2.45) is 0 Å². The maximum absolute atomic E-state index is 8.63. The van der Waals surface area contributed by atoms with Crippen molar-refractivity contribution in [2.75, 3.05) is 26.7 Å². The zero-order valence-corrected chi connectivity index (χ0v) is 23.5. The van der Waals surface area contributed by atoms with Crippen LogP contribution in [-0.4, -0.2) is 43.0 Å². The van der Waals surface area contributed by atoms with E-state index in [9.17, 15) is 0 Å². The monoisotopic (exact) mass is 475 g/mol. The van der Waals surface area contributed by atoms with Crippen LogP contribution >= 0.6 is 0 Å². The molecular weight excluding hydrogens is 416 g/mol. The molecule has 0 radical (unpaired) electrons. The van der Waals surface area contributed by atoms with Crippen LogP contribution in [0.5, 0.6) is 0 Å². The van der Waals surface area contributed by atoms with Gasteiger partial charge in [0.1, 0.15) is 6.54 Å². The van der Waals surface area contributed by atoms with Crippen molar-refractivity contribution < 1.29 is 4.48 Å². The normalized spacial score (nSPS) is 19.1. The maximum Gasteiger partial charge on any atom is 0.155 e. The summed E-state index contributed by atoms with van der Waals surface area (Å²) in [5.74, 6) is 0. The maximum atomic E-state index is 8.63. The van der Waals surface area contributed by atoms with E-state index in [4.69, 9.17) is 5.41 Å². The average Bonchev–Trinajstić information content (AvgIpc) is 2.83. The highest BCUT2D eigenvalue weighted by atomic mass is 15.5. The zero-order chi connectivity index (χ0) is 25.1. The summed E-state index contributed by atoms with van der Waals surface area (Å²) in [5, 5.41) is 8.63. The van der Waals surface area contributed by atoms with Gasteiger partial charge in [-0.25, -0.2) is 5.43 Å². The average molecular weight is 476 g/mol. The summed E-state index contributed by atoms with van der Waals surface area (Å²) in [4.78, 5) is 0. The highest BCUT2D eigenvalue weighted by Gasteiger charge is 2.35. The molecule has 0 amide bonds. The number of nitrogens with one attached hydrogen (secondary N) is 3. The number of hydrogen-bond donors (Lipinski definition) is 3. The Balaban J connectivity index is 2.63. The molecule has 2 unspecified atom stereocenters. The predicted molar refractivity (Wildman–Crippen MR) is 151 cm³/mol. The molecule has 1 heterocycles. The fourth-order valence-electron chi connectivity index (χ4n) is 5.09. The van der Waals surface area contributed by atoms with Gasteiger partial charge in [0.25, 0.3) is 0 Å². The van der Waals surface area contributed by atoms with Crippen LogP contribution < -0.4 is 10.9 Å². The molecule has 0 fully saturated rings. The lowest BCUT2D eigenvalue weighted by molar-refractivity contribution is -0.934. The lowest BCUT2D eigenvalue weighted by Crippen LogP contribution is -2.63. The van der Waals surface area contributed by atoms with E-state index in [1.165, 1.54) is 95.5 Å². The van der Waals surface area contributed by atoms with Crippen molar-refractivity contribution in [3.8, 4) is 0 Å². The lowest BCUT2D eigenvalue weighted by atomic mass is 9.93. The lowest BCUT2D eigenvalue weighted by Gasteiger charge is -2.44. The van der Waals surface area contributed by atoms with Gasteiger partial charge in [0.15, 0.2) is 6.17 Å². The Morgan fingerprint density at radius 3 is 2.15 bits per heavy atom. The molecule has 0 aromatic rings. The van der Waals surface area contributed by atoms with E-state index in [2.05, 4.69) is 51.3 Å². The number of hydrogen-bond acceptors (Lipinski definition) is 3. The zero-order valence-electron chi connectivity index (χ0n) is 23.5. The molecule has 0 bridgehead atoms. The molecule has 2 atom stereocenters. The second kappa shape index (κ2) is 19.2. The van der Waals surface area contributed by atoms with E-state index in [0.717, 1.165) is 54.7 Å². The van der Waals surface area contributed by atoms with Crippen LogP contribution in [0.25, 0.3) is 0 Å². The molecule has 198 valence electrons. The molecule has 4 nitrogen and oxygen atoms in total. The number of rotatable bonds is 22. The summed E-state index contributed by atoms with van der Waals surface area (Å²) in [7, 11) is 2.41. The minimum Gasteiger partial charge on any atom is -0.306 e. The molecule has 0 aromatic heterocycles. The number of hydrazine groups is 1. The van der Waals surface area contributed by atoms with Crippen LogP contribution in [0, 0.1) is 5.41 Å². The molecule has 3 N–H and O–H groups in total.